The quantitative estimate of drug-likeness (QED) is 0.303. The molecule has 1 aromatic carbocycles. The fourth-order valence-electron chi connectivity index (χ4n) is 2.99. The van der Waals surface area contributed by atoms with Crippen LogP contribution in [0, 0.1) is 6.92 Å². The number of allylic oxidation sites excluding steroid dienone is 1. The Morgan fingerprint density at radius 1 is 1.21 bits per heavy atom. The number of para-hydroxylation sites is 1. The Labute approximate surface area is 201 Å². The van der Waals surface area contributed by atoms with Gasteiger partial charge in [-0.1, -0.05) is 32.6 Å². The van der Waals surface area contributed by atoms with E-state index < -0.39 is 0 Å². The third-order valence-electron chi connectivity index (χ3n) is 4.27. The van der Waals surface area contributed by atoms with E-state index in [9.17, 15) is 4.79 Å². The number of anilines is 1. The molecule has 0 aliphatic heterocycles. The van der Waals surface area contributed by atoms with Gasteiger partial charge in [0.25, 0.3) is 5.91 Å². The van der Waals surface area contributed by atoms with E-state index >= 15 is 0 Å². The molecule has 3 heterocycles. The second-order valence-corrected chi connectivity index (χ2v) is 8.40. The van der Waals surface area contributed by atoms with Gasteiger partial charge in [-0.15, -0.1) is 22.7 Å². The van der Waals surface area contributed by atoms with Gasteiger partial charge in [0, 0.05) is 22.5 Å². The Morgan fingerprint density at radius 3 is 2.67 bits per heavy atom. The fraction of sp³-hybridized carbons (Fsp3) is 0.208. The number of fused-ring (bicyclic) bond motifs is 1. The van der Waals surface area contributed by atoms with Gasteiger partial charge in [-0.2, -0.15) is 0 Å². The van der Waals surface area contributed by atoms with Gasteiger partial charge >= 0.3 is 0 Å². The number of carbonyl (C=O) groups is 1. The first-order valence-electron chi connectivity index (χ1n) is 10.3. The lowest BCUT2D eigenvalue weighted by Crippen LogP contribution is -2.15. The summed E-state index contributed by atoms with van der Waals surface area (Å²) in [6.07, 6.45) is 5.47. The minimum absolute atomic E-state index is 0.274. The number of ether oxygens (including phenoxy) is 2. The lowest BCUT2D eigenvalue weighted by atomic mass is 10.1. The Balaban J connectivity index is 0.00000149. The molecule has 172 valence electrons. The van der Waals surface area contributed by atoms with Gasteiger partial charge in [-0.3, -0.25) is 14.5 Å². The molecular formula is C24H26N4O3S2. The monoisotopic (exact) mass is 482 g/mol. The molecule has 0 atom stereocenters. The second-order valence-electron chi connectivity index (χ2n) is 6.67. The van der Waals surface area contributed by atoms with Gasteiger partial charge in [0.05, 0.1) is 24.3 Å². The first-order valence-corrected chi connectivity index (χ1v) is 12.1. The normalized spacial score (nSPS) is 10.7. The highest BCUT2D eigenvalue weighted by molar-refractivity contribution is 7.15. The van der Waals surface area contributed by atoms with E-state index in [1.807, 2.05) is 62.0 Å². The van der Waals surface area contributed by atoms with Gasteiger partial charge in [0.2, 0.25) is 0 Å². The van der Waals surface area contributed by atoms with E-state index in [1.54, 1.807) is 24.5 Å². The van der Waals surface area contributed by atoms with Crippen LogP contribution in [0.25, 0.3) is 17.1 Å². The lowest BCUT2D eigenvalue weighted by Gasteiger charge is -2.12. The minimum atomic E-state index is -0.274. The third-order valence-corrected chi connectivity index (χ3v) is 5.90. The van der Waals surface area contributed by atoms with Crippen molar-refractivity contribution in [3.63, 3.8) is 0 Å². The first-order chi connectivity index (χ1) is 16.0. The van der Waals surface area contributed by atoms with Crippen molar-refractivity contribution in [2.24, 2.45) is 0 Å². The van der Waals surface area contributed by atoms with Crippen LogP contribution in [0.15, 0.2) is 47.5 Å². The van der Waals surface area contributed by atoms with Gasteiger partial charge in [-0.25, -0.2) is 9.97 Å². The molecule has 3 aromatic heterocycles. The summed E-state index contributed by atoms with van der Waals surface area (Å²) in [6.45, 7) is 11.5. The van der Waals surface area contributed by atoms with Crippen molar-refractivity contribution in [2.75, 3.05) is 12.4 Å². The van der Waals surface area contributed by atoms with Crippen LogP contribution in [0.4, 0.5) is 5.13 Å². The summed E-state index contributed by atoms with van der Waals surface area (Å²) in [7, 11) is 1.58. The highest BCUT2D eigenvalue weighted by atomic mass is 32.1. The summed E-state index contributed by atoms with van der Waals surface area (Å²) in [5.74, 6) is 1.41. The summed E-state index contributed by atoms with van der Waals surface area (Å²) >= 11 is 2.84. The van der Waals surface area contributed by atoms with Crippen molar-refractivity contribution in [2.45, 2.75) is 27.7 Å². The topological polar surface area (TPSA) is 77.8 Å². The van der Waals surface area contributed by atoms with Crippen molar-refractivity contribution in [1.82, 2.24) is 14.4 Å². The number of benzene rings is 1. The predicted octanol–water partition coefficient (Wildman–Crippen LogP) is 6.53. The largest absolute Gasteiger partial charge is 0.493 e. The van der Waals surface area contributed by atoms with E-state index in [4.69, 9.17) is 9.47 Å². The molecule has 4 aromatic rings. The van der Waals surface area contributed by atoms with E-state index in [0.29, 0.717) is 33.8 Å². The number of thiazole rings is 2. The molecule has 0 spiro atoms. The third kappa shape index (κ3) is 5.50. The van der Waals surface area contributed by atoms with Crippen molar-refractivity contribution in [3.8, 4) is 11.5 Å². The number of imidazole rings is 1. The molecule has 0 saturated carbocycles. The smallest absolute Gasteiger partial charge is 0.276 e. The molecule has 0 unspecified atom stereocenters. The molecule has 1 amide bonds. The maximum Gasteiger partial charge on any atom is 0.276 e. The molecule has 1 N–H and O–H groups in total. The highest BCUT2D eigenvalue weighted by Crippen LogP contribution is 2.34. The number of nitrogens with one attached hydrogen (secondary N) is 1. The van der Waals surface area contributed by atoms with Crippen LogP contribution in [-0.4, -0.2) is 27.4 Å². The Bertz CT molecular complexity index is 1300. The summed E-state index contributed by atoms with van der Waals surface area (Å²) in [5, 5.41) is 7.19. The van der Waals surface area contributed by atoms with Crippen molar-refractivity contribution < 1.29 is 14.3 Å². The zero-order valence-corrected chi connectivity index (χ0v) is 20.8. The van der Waals surface area contributed by atoms with Crippen molar-refractivity contribution in [1.29, 1.82) is 0 Å². The summed E-state index contributed by atoms with van der Waals surface area (Å²) in [4.78, 5) is 22.7. The molecule has 0 aliphatic rings. The molecular weight excluding hydrogens is 456 g/mol. The number of methoxy groups -OCH3 is 1. The number of aromatic nitrogens is 3. The number of rotatable bonds is 7. The second kappa shape index (κ2) is 10.9. The zero-order chi connectivity index (χ0) is 24.0. The number of hydrogen-bond acceptors (Lipinski definition) is 7. The maximum absolute atomic E-state index is 13.1. The van der Waals surface area contributed by atoms with E-state index in [0.717, 1.165) is 16.2 Å². The maximum atomic E-state index is 13.1. The van der Waals surface area contributed by atoms with Gasteiger partial charge < -0.3 is 9.47 Å². The van der Waals surface area contributed by atoms with E-state index in [1.165, 1.54) is 22.7 Å². The molecule has 9 heteroatoms. The van der Waals surface area contributed by atoms with E-state index in [-0.39, 0.29) is 5.91 Å². The number of aryl methyl sites for hydroxylation is 1. The van der Waals surface area contributed by atoms with Crippen LogP contribution in [0.3, 0.4) is 0 Å². The van der Waals surface area contributed by atoms with Crippen molar-refractivity contribution >= 4 is 50.8 Å². The molecule has 0 radical (unpaired) electrons. The van der Waals surface area contributed by atoms with Gasteiger partial charge in [0.15, 0.2) is 21.6 Å². The first kappa shape index (κ1) is 24.2. The fourth-order valence-corrected chi connectivity index (χ4v) is 4.39. The molecule has 0 saturated heterocycles. The van der Waals surface area contributed by atoms with Crippen LogP contribution < -0.4 is 14.8 Å². The lowest BCUT2D eigenvalue weighted by molar-refractivity contribution is 0.102. The van der Waals surface area contributed by atoms with E-state index in [2.05, 4.69) is 21.9 Å². The number of amides is 1. The Morgan fingerprint density at radius 2 is 2.00 bits per heavy atom. The summed E-state index contributed by atoms with van der Waals surface area (Å²) in [5.41, 5.74) is 2.62. The molecule has 0 bridgehead atoms. The number of carbonyl (C=O) groups excluding carboxylic acids is 1. The summed E-state index contributed by atoms with van der Waals surface area (Å²) in [6, 6.07) is 5.58. The van der Waals surface area contributed by atoms with Crippen LogP contribution >= 0.6 is 22.7 Å². The molecule has 33 heavy (non-hydrogen) atoms. The molecule has 0 aliphatic carbocycles. The van der Waals surface area contributed by atoms with Crippen molar-refractivity contribution in [3.05, 3.63) is 70.1 Å². The van der Waals surface area contributed by atoms with Gasteiger partial charge in [0.1, 0.15) is 5.69 Å². The van der Waals surface area contributed by atoms with Gasteiger partial charge in [-0.05, 0) is 32.1 Å². The minimum Gasteiger partial charge on any atom is -0.493 e. The molecule has 0 fully saturated rings. The summed E-state index contributed by atoms with van der Waals surface area (Å²) < 4.78 is 13.0. The zero-order valence-electron chi connectivity index (χ0n) is 19.2. The average molecular weight is 483 g/mol. The highest BCUT2D eigenvalue weighted by Gasteiger charge is 2.20. The van der Waals surface area contributed by atoms with Crippen LogP contribution in [0.1, 0.15) is 48.2 Å². The molecule has 7 nitrogen and oxygen atoms in total. The van der Waals surface area contributed by atoms with Crippen LogP contribution in [-0.2, 0) is 0 Å². The Hall–Kier alpha value is -3.43. The van der Waals surface area contributed by atoms with Crippen LogP contribution in [0.5, 0.6) is 11.5 Å². The Kier molecular flexibility index (Phi) is 8.02. The van der Waals surface area contributed by atoms with Crippen LogP contribution in [0.2, 0.25) is 0 Å². The predicted molar refractivity (Wildman–Crippen MR) is 137 cm³/mol. The standard InChI is InChI=1S/C22H20N4O3S2.C2H6/c1-13(2)29-19-15(6-5-7-17(19)28-4)8-9-16-18(26-10-11-30-22(26)24-16)20(27)25-21-23-14(3)12-31-21;1-2/h5-12H,1H2,2-4H3,(H,23,25,27);1-2H3/b9-8+;. The number of hydrogen-bond donors (Lipinski definition) is 1. The number of nitrogens with zero attached hydrogens (tertiary/aromatic N) is 3. The SMILES string of the molecule is C=C(C)Oc1c(/C=C/c2nc3sccn3c2C(=O)Nc2nc(C)cs2)cccc1OC.CC. The molecule has 4 rings (SSSR count). The average Bonchev–Trinajstić information content (AvgIpc) is 3.50.